The predicted octanol–water partition coefficient (Wildman–Crippen LogP) is 4.89. The maximum Gasteiger partial charge on any atom is 0.256 e. The molecule has 0 saturated carbocycles. The third kappa shape index (κ3) is 4.74. The molecule has 1 aliphatic heterocycles. The third-order valence-electron chi connectivity index (χ3n) is 5.95. The molecule has 0 bridgehead atoms. The lowest BCUT2D eigenvalue weighted by Crippen LogP contribution is -2.51. The fourth-order valence-electron chi connectivity index (χ4n) is 4.23. The van der Waals surface area contributed by atoms with E-state index >= 15 is 0 Å². The first-order valence-corrected chi connectivity index (χ1v) is 11.1. The van der Waals surface area contributed by atoms with Crippen LogP contribution in [0.1, 0.15) is 41.4 Å². The smallest absolute Gasteiger partial charge is 0.256 e. The van der Waals surface area contributed by atoms with Gasteiger partial charge in [-0.05, 0) is 62.9 Å². The molecule has 6 nitrogen and oxygen atoms in total. The highest BCUT2D eigenvalue weighted by atomic mass is 35.5. The van der Waals surface area contributed by atoms with Gasteiger partial charge in [0.15, 0.2) is 0 Å². The minimum absolute atomic E-state index is 0.0502. The first-order chi connectivity index (χ1) is 14.9. The van der Waals surface area contributed by atoms with E-state index < -0.39 is 0 Å². The summed E-state index contributed by atoms with van der Waals surface area (Å²) >= 11 is 5.95. The van der Waals surface area contributed by atoms with E-state index in [-0.39, 0.29) is 11.9 Å². The lowest BCUT2D eigenvalue weighted by Gasteiger charge is -2.40. The Hall–Kier alpha value is -2.86. The molecule has 1 saturated heterocycles. The summed E-state index contributed by atoms with van der Waals surface area (Å²) in [4.78, 5) is 20.1. The van der Waals surface area contributed by atoms with Crippen molar-refractivity contribution in [1.29, 1.82) is 0 Å². The van der Waals surface area contributed by atoms with Crippen LogP contribution < -0.4 is 5.32 Å². The molecule has 0 radical (unpaired) electrons. The Balaban J connectivity index is 1.61. The molecule has 7 heteroatoms. The Morgan fingerprint density at radius 1 is 1.23 bits per heavy atom. The van der Waals surface area contributed by atoms with Gasteiger partial charge in [-0.25, -0.2) is 9.67 Å². The molecule has 0 spiro atoms. The number of aromatic nitrogens is 3. The number of benzene rings is 1. The highest BCUT2D eigenvalue weighted by molar-refractivity contribution is 6.30. The molecule has 31 heavy (non-hydrogen) atoms. The Labute approximate surface area is 188 Å². The number of carbonyl (C=O) groups excluding carboxylic acids is 1. The summed E-state index contributed by atoms with van der Waals surface area (Å²) in [6.45, 7) is 7.57. The summed E-state index contributed by atoms with van der Waals surface area (Å²) in [5.74, 6) is 1.20. The molecule has 1 amide bonds. The van der Waals surface area contributed by atoms with Crippen LogP contribution in [0.3, 0.4) is 0 Å². The fraction of sp³-hybridized carbons (Fsp3) is 0.375. The lowest BCUT2D eigenvalue weighted by molar-refractivity contribution is 0.0540. The largest absolute Gasteiger partial charge is 0.368 e. The van der Waals surface area contributed by atoms with Crippen molar-refractivity contribution < 1.29 is 4.79 Å². The second kappa shape index (κ2) is 9.10. The van der Waals surface area contributed by atoms with Crippen LogP contribution in [0.15, 0.2) is 48.8 Å². The molecule has 2 atom stereocenters. The number of pyridine rings is 1. The number of halogens is 1. The van der Waals surface area contributed by atoms with Crippen molar-refractivity contribution in [3.05, 3.63) is 70.6 Å². The van der Waals surface area contributed by atoms with E-state index in [2.05, 4.69) is 22.3 Å². The Bertz CT molecular complexity index is 1060. The van der Waals surface area contributed by atoms with E-state index in [0.29, 0.717) is 23.0 Å². The van der Waals surface area contributed by atoms with E-state index in [1.807, 2.05) is 61.3 Å². The van der Waals surface area contributed by atoms with Crippen molar-refractivity contribution >= 4 is 23.3 Å². The van der Waals surface area contributed by atoms with Crippen molar-refractivity contribution in [2.24, 2.45) is 5.92 Å². The number of aryl methyl sites for hydroxylation is 2. The summed E-state index contributed by atoms with van der Waals surface area (Å²) < 4.78 is 1.79. The van der Waals surface area contributed by atoms with Crippen LogP contribution in [0.25, 0.3) is 5.69 Å². The molecule has 1 fully saturated rings. The van der Waals surface area contributed by atoms with Gasteiger partial charge in [0, 0.05) is 25.5 Å². The predicted molar refractivity (Wildman–Crippen MR) is 124 cm³/mol. The molecule has 1 aliphatic rings. The first-order valence-electron chi connectivity index (χ1n) is 10.7. The molecule has 4 rings (SSSR count). The van der Waals surface area contributed by atoms with Gasteiger partial charge in [-0.15, -0.1) is 0 Å². The van der Waals surface area contributed by atoms with Crippen molar-refractivity contribution in [1.82, 2.24) is 19.7 Å². The monoisotopic (exact) mass is 437 g/mol. The number of piperidine rings is 1. The van der Waals surface area contributed by atoms with Gasteiger partial charge in [0.25, 0.3) is 5.91 Å². The van der Waals surface area contributed by atoms with Gasteiger partial charge in [-0.1, -0.05) is 30.2 Å². The number of hydrogen-bond acceptors (Lipinski definition) is 4. The van der Waals surface area contributed by atoms with Crippen LogP contribution in [-0.4, -0.2) is 44.7 Å². The van der Waals surface area contributed by atoms with Gasteiger partial charge in [-0.2, -0.15) is 5.10 Å². The molecular formula is C24H28ClN5O. The summed E-state index contributed by atoms with van der Waals surface area (Å²) in [6, 6.07) is 11.7. The number of amides is 1. The Morgan fingerprint density at radius 2 is 2.06 bits per heavy atom. The van der Waals surface area contributed by atoms with Crippen LogP contribution in [0.5, 0.6) is 0 Å². The molecule has 3 aromatic rings. The van der Waals surface area contributed by atoms with Crippen LogP contribution in [-0.2, 0) is 0 Å². The zero-order valence-corrected chi connectivity index (χ0v) is 18.9. The summed E-state index contributed by atoms with van der Waals surface area (Å²) in [7, 11) is 0. The van der Waals surface area contributed by atoms with Crippen molar-refractivity contribution in [3.63, 3.8) is 0 Å². The molecule has 0 aliphatic carbocycles. The van der Waals surface area contributed by atoms with Gasteiger partial charge in [0.05, 0.1) is 28.0 Å². The number of hydrogen-bond donors (Lipinski definition) is 1. The van der Waals surface area contributed by atoms with E-state index in [0.717, 1.165) is 42.1 Å². The van der Waals surface area contributed by atoms with Crippen LogP contribution in [0.4, 0.5) is 5.82 Å². The summed E-state index contributed by atoms with van der Waals surface area (Å²) in [6.07, 6.45) is 5.64. The van der Waals surface area contributed by atoms with E-state index in [4.69, 9.17) is 11.6 Å². The van der Waals surface area contributed by atoms with Crippen molar-refractivity contribution in [2.45, 2.75) is 39.7 Å². The van der Waals surface area contributed by atoms with Gasteiger partial charge in [0.2, 0.25) is 0 Å². The average Bonchev–Trinajstić information content (AvgIpc) is 3.19. The minimum Gasteiger partial charge on any atom is -0.368 e. The van der Waals surface area contributed by atoms with E-state index in [1.54, 1.807) is 10.9 Å². The van der Waals surface area contributed by atoms with Gasteiger partial charge in [0.1, 0.15) is 5.82 Å². The number of nitrogens with zero attached hydrogens (tertiary/aromatic N) is 4. The Morgan fingerprint density at radius 3 is 2.77 bits per heavy atom. The van der Waals surface area contributed by atoms with Gasteiger partial charge < -0.3 is 10.2 Å². The zero-order valence-electron chi connectivity index (χ0n) is 18.2. The summed E-state index contributed by atoms with van der Waals surface area (Å²) in [5, 5.41) is 8.52. The SMILES string of the molecule is Cc1ccc(-n2ccc(C)n2)c(C(=O)N2CCC[C@@H](C)[C@H]2CNc2ccc(Cl)cn2)c1. The molecule has 1 N–H and O–H groups in total. The lowest BCUT2D eigenvalue weighted by atomic mass is 9.89. The second-order valence-electron chi connectivity index (χ2n) is 8.35. The zero-order chi connectivity index (χ0) is 22.0. The summed E-state index contributed by atoms with van der Waals surface area (Å²) in [5.41, 5.74) is 3.48. The molecular weight excluding hydrogens is 410 g/mol. The number of rotatable bonds is 5. The normalized spacial score (nSPS) is 18.8. The maximum absolute atomic E-state index is 13.8. The molecule has 2 aromatic heterocycles. The number of anilines is 1. The average molecular weight is 438 g/mol. The number of likely N-dealkylation sites (tertiary alicyclic amines) is 1. The fourth-order valence-corrected chi connectivity index (χ4v) is 4.34. The minimum atomic E-state index is 0.0502. The van der Waals surface area contributed by atoms with E-state index in [9.17, 15) is 4.79 Å². The van der Waals surface area contributed by atoms with E-state index in [1.165, 1.54) is 0 Å². The topological polar surface area (TPSA) is 63.1 Å². The third-order valence-corrected chi connectivity index (χ3v) is 6.17. The van der Waals surface area contributed by atoms with Crippen LogP contribution in [0, 0.1) is 19.8 Å². The standard InChI is InChI=1S/C24H28ClN5O/c1-16-6-8-21(30-12-10-18(3)28-30)20(13-16)24(31)29-11-4-5-17(2)22(29)15-27-23-9-7-19(25)14-26-23/h6-10,12-14,17,22H,4-5,11,15H2,1-3H3,(H,26,27)/t17-,22-/m1/s1. The molecule has 3 heterocycles. The van der Waals surface area contributed by atoms with Crippen molar-refractivity contribution in [3.8, 4) is 5.69 Å². The maximum atomic E-state index is 13.8. The quantitative estimate of drug-likeness (QED) is 0.617. The number of nitrogens with one attached hydrogen (secondary N) is 1. The second-order valence-corrected chi connectivity index (χ2v) is 8.79. The molecule has 1 aromatic carbocycles. The highest BCUT2D eigenvalue weighted by Gasteiger charge is 2.33. The Kier molecular flexibility index (Phi) is 6.28. The number of carbonyl (C=O) groups is 1. The molecule has 0 unspecified atom stereocenters. The van der Waals surface area contributed by atoms with Crippen LogP contribution in [0.2, 0.25) is 5.02 Å². The molecule has 162 valence electrons. The van der Waals surface area contributed by atoms with Crippen molar-refractivity contribution in [2.75, 3.05) is 18.4 Å². The highest BCUT2D eigenvalue weighted by Crippen LogP contribution is 2.27. The first kappa shape index (κ1) is 21.4. The van der Waals surface area contributed by atoms with Gasteiger partial charge >= 0.3 is 0 Å². The van der Waals surface area contributed by atoms with Crippen LogP contribution >= 0.6 is 11.6 Å². The van der Waals surface area contributed by atoms with Gasteiger partial charge in [-0.3, -0.25) is 4.79 Å².